The molecular formula is C14H26N2. The van der Waals surface area contributed by atoms with Gasteiger partial charge in [0.1, 0.15) is 0 Å². The molecule has 0 aromatic heterocycles. The van der Waals surface area contributed by atoms with E-state index in [1.807, 2.05) is 0 Å². The molecule has 2 atom stereocenters. The minimum absolute atomic E-state index is 0.315. The number of likely N-dealkylation sites (tertiary alicyclic amines) is 1. The van der Waals surface area contributed by atoms with Crippen molar-refractivity contribution >= 4 is 0 Å². The Balaban J connectivity index is 1.83. The highest BCUT2D eigenvalue weighted by molar-refractivity contribution is 5.05. The van der Waals surface area contributed by atoms with Gasteiger partial charge in [0.25, 0.3) is 0 Å². The van der Waals surface area contributed by atoms with Gasteiger partial charge in [0, 0.05) is 19.1 Å². The zero-order chi connectivity index (χ0) is 11.6. The quantitative estimate of drug-likeness (QED) is 0.740. The van der Waals surface area contributed by atoms with Crippen molar-refractivity contribution < 1.29 is 0 Å². The molecule has 1 aliphatic carbocycles. The van der Waals surface area contributed by atoms with Gasteiger partial charge in [-0.15, -0.1) is 0 Å². The van der Waals surface area contributed by atoms with E-state index in [1.165, 1.54) is 38.9 Å². The first-order valence-corrected chi connectivity index (χ1v) is 6.84. The fourth-order valence-corrected chi connectivity index (χ4v) is 3.28. The maximum atomic E-state index is 5.90. The molecule has 2 rings (SSSR count). The van der Waals surface area contributed by atoms with Crippen LogP contribution in [0.3, 0.4) is 0 Å². The van der Waals surface area contributed by atoms with E-state index in [9.17, 15) is 0 Å². The molecule has 1 heterocycles. The first kappa shape index (κ1) is 12.1. The zero-order valence-corrected chi connectivity index (χ0v) is 10.8. The standard InChI is InChI=1S/C14H26N2/c1-3-14(4-2)7-8-16(11-14)10-12-5-6-13(15)9-12/h5-6,12-13H,3-4,7-11,15H2,1-2H3. The van der Waals surface area contributed by atoms with Crippen LogP contribution in [-0.4, -0.2) is 30.6 Å². The van der Waals surface area contributed by atoms with Gasteiger partial charge in [0.2, 0.25) is 0 Å². The third kappa shape index (κ3) is 2.49. The smallest absolute Gasteiger partial charge is 0.0229 e. The Kier molecular flexibility index (Phi) is 3.70. The molecule has 16 heavy (non-hydrogen) atoms. The van der Waals surface area contributed by atoms with E-state index in [4.69, 9.17) is 5.73 Å². The molecule has 0 aromatic rings. The highest BCUT2D eigenvalue weighted by Crippen LogP contribution is 2.37. The second-order valence-electron chi connectivity index (χ2n) is 5.74. The van der Waals surface area contributed by atoms with Gasteiger partial charge in [-0.25, -0.2) is 0 Å². The van der Waals surface area contributed by atoms with Gasteiger partial charge in [-0.1, -0.05) is 26.0 Å². The average molecular weight is 222 g/mol. The molecule has 2 unspecified atom stereocenters. The lowest BCUT2D eigenvalue weighted by atomic mass is 9.82. The topological polar surface area (TPSA) is 29.3 Å². The van der Waals surface area contributed by atoms with Crippen LogP contribution >= 0.6 is 0 Å². The summed E-state index contributed by atoms with van der Waals surface area (Å²) in [4.78, 5) is 2.65. The van der Waals surface area contributed by atoms with Crippen molar-refractivity contribution in [3.63, 3.8) is 0 Å². The number of nitrogens with zero attached hydrogens (tertiary/aromatic N) is 1. The molecule has 2 heteroatoms. The Hall–Kier alpha value is -0.340. The Morgan fingerprint density at radius 2 is 2.06 bits per heavy atom. The molecule has 0 saturated carbocycles. The summed E-state index contributed by atoms with van der Waals surface area (Å²) in [6.07, 6.45) is 9.71. The third-order valence-electron chi connectivity index (χ3n) is 4.72. The van der Waals surface area contributed by atoms with Crippen molar-refractivity contribution in [1.82, 2.24) is 4.90 Å². The Bertz CT molecular complexity index is 255. The third-order valence-corrected chi connectivity index (χ3v) is 4.72. The first-order valence-electron chi connectivity index (χ1n) is 6.84. The monoisotopic (exact) mass is 222 g/mol. The number of hydrogen-bond donors (Lipinski definition) is 1. The van der Waals surface area contributed by atoms with Gasteiger partial charge in [0.15, 0.2) is 0 Å². The number of hydrogen-bond acceptors (Lipinski definition) is 2. The van der Waals surface area contributed by atoms with Crippen LogP contribution in [0.25, 0.3) is 0 Å². The maximum Gasteiger partial charge on any atom is 0.0229 e. The van der Waals surface area contributed by atoms with Gasteiger partial charge >= 0.3 is 0 Å². The SMILES string of the molecule is CCC1(CC)CCN(CC2C=CC(N)C2)C1. The second-order valence-corrected chi connectivity index (χ2v) is 5.74. The molecule has 1 saturated heterocycles. The summed E-state index contributed by atoms with van der Waals surface area (Å²) in [5.41, 5.74) is 6.52. The highest BCUT2D eigenvalue weighted by Gasteiger charge is 2.35. The first-order chi connectivity index (χ1) is 7.67. The predicted molar refractivity (Wildman–Crippen MR) is 69.3 cm³/mol. The molecule has 0 bridgehead atoms. The van der Waals surface area contributed by atoms with Crippen LogP contribution in [0.2, 0.25) is 0 Å². The van der Waals surface area contributed by atoms with E-state index in [1.54, 1.807) is 0 Å². The summed E-state index contributed by atoms with van der Waals surface area (Å²) >= 11 is 0. The molecule has 2 aliphatic rings. The van der Waals surface area contributed by atoms with E-state index in [0.717, 1.165) is 6.42 Å². The molecule has 2 N–H and O–H groups in total. The fraction of sp³-hybridized carbons (Fsp3) is 0.857. The largest absolute Gasteiger partial charge is 0.324 e. The van der Waals surface area contributed by atoms with Crippen molar-refractivity contribution in [2.75, 3.05) is 19.6 Å². The van der Waals surface area contributed by atoms with Crippen molar-refractivity contribution in [2.45, 2.75) is 45.6 Å². The molecule has 0 spiro atoms. The van der Waals surface area contributed by atoms with E-state index in [2.05, 4.69) is 30.9 Å². The van der Waals surface area contributed by atoms with Crippen molar-refractivity contribution in [1.29, 1.82) is 0 Å². The molecule has 0 radical (unpaired) electrons. The molecule has 1 fully saturated rings. The molecule has 0 aromatic carbocycles. The highest BCUT2D eigenvalue weighted by atomic mass is 15.2. The van der Waals surface area contributed by atoms with Crippen LogP contribution in [0, 0.1) is 11.3 Å². The molecule has 0 amide bonds. The van der Waals surface area contributed by atoms with Crippen LogP contribution in [0.4, 0.5) is 0 Å². The lowest BCUT2D eigenvalue weighted by Gasteiger charge is -2.27. The number of rotatable bonds is 4. The van der Waals surface area contributed by atoms with Crippen molar-refractivity contribution in [3.8, 4) is 0 Å². The predicted octanol–water partition coefficient (Wildman–Crippen LogP) is 2.40. The van der Waals surface area contributed by atoms with Gasteiger partial charge in [-0.05, 0) is 43.6 Å². The molecule has 2 nitrogen and oxygen atoms in total. The summed E-state index contributed by atoms with van der Waals surface area (Å²) < 4.78 is 0. The summed E-state index contributed by atoms with van der Waals surface area (Å²) in [7, 11) is 0. The van der Waals surface area contributed by atoms with E-state index >= 15 is 0 Å². The van der Waals surface area contributed by atoms with Crippen LogP contribution in [0.15, 0.2) is 12.2 Å². The summed E-state index contributed by atoms with van der Waals surface area (Å²) in [5, 5.41) is 0. The fourth-order valence-electron chi connectivity index (χ4n) is 3.28. The van der Waals surface area contributed by atoms with Gasteiger partial charge in [0.05, 0.1) is 0 Å². The van der Waals surface area contributed by atoms with Crippen LogP contribution in [0.1, 0.15) is 39.5 Å². The minimum Gasteiger partial charge on any atom is -0.324 e. The maximum absolute atomic E-state index is 5.90. The zero-order valence-electron chi connectivity index (χ0n) is 10.8. The van der Waals surface area contributed by atoms with Crippen molar-refractivity contribution in [2.24, 2.45) is 17.1 Å². The van der Waals surface area contributed by atoms with Gasteiger partial charge in [-0.2, -0.15) is 0 Å². The molecule has 1 aliphatic heterocycles. The van der Waals surface area contributed by atoms with Crippen LogP contribution in [0.5, 0.6) is 0 Å². The van der Waals surface area contributed by atoms with E-state index in [0.29, 0.717) is 17.4 Å². The van der Waals surface area contributed by atoms with Crippen LogP contribution in [-0.2, 0) is 0 Å². The Labute approximate surface area is 99.9 Å². The molecular weight excluding hydrogens is 196 g/mol. The lowest BCUT2D eigenvalue weighted by molar-refractivity contribution is 0.226. The van der Waals surface area contributed by atoms with Gasteiger partial charge < -0.3 is 10.6 Å². The minimum atomic E-state index is 0.315. The average Bonchev–Trinajstić information content (AvgIpc) is 2.87. The lowest BCUT2D eigenvalue weighted by Crippen LogP contribution is -2.30. The van der Waals surface area contributed by atoms with Gasteiger partial charge in [-0.3, -0.25) is 0 Å². The van der Waals surface area contributed by atoms with Crippen molar-refractivity contribution in [3.05, 3.63) is 12.2 Å². The summed E-state index contributed by atoms with van der Waals surface area (Å²) in [6, 6.07) is 0.315. The Morgan fingerprint density at radius 1 is 1.31 bits per heavy atom. The van der Waals surface area contributed by atoms with E-state index < -0.39 is 0 Å². The second kappa shape index (κ2) is 4.89. The summed E-state index contributed by atoms with van der Waals surface area (Å²) in [6.45, 7) is 8.52. The van der Waals surface area contributed by atoms with E-state index in [-0.39, 0.29) is 0 Å². The normalized spacial score (nSPS) is 33.7. The Morgan fingerprint density at radius 3 is 2.56 bits per heavy atom. The summed E-state index contributed by atoms with van der Waals surface area (Å²) in [5.74, 6) is 0.708. The van der Waals surface area contributed by atoms with Crippen LogP contribution < -0.4 is 5.73 Å². The number of nitrogens with two attached hydrogens (primary N) is 1. The molecule has 92 valence electrons.